The first-order valence-corrected chi connectivity index (χ1v) is 9.03. The summed E-state index contributed by atoms with van der Waals surface area (Å²) in [5.74, 6) is 0.614. The number of nitrogens with zero attached hydrogens (tertiary/aromatic N) is 1. The van der Waals surface area contributed by atoms with Gasteiger partial charge in [-0.2, -0.15) is 5.10 Å². The van der Waals surface area contributed by atoms with E-state index in [9.17, 15) is 8.42 Å². The van der Waals surface area contributed by atoms with Gasteiger partial charge in [0.1, 0.15) is 10.6 Å². The van der Waals surface area contributed by atoms with E-state index in [1.54, 1.807) is 42.6 Å². The summed E-state index contributed by atoms with van der Waals surface area (Å²) in [6, 6.07) is 10.3. The summed E-state index contributed by atoms with van der Waals surface area (Å²) < 4.78 is 33.3. The van der Waals surface area contributed by atoms with Gasteiger partial charge in [0.25, 0.3) is 10.0 Å². The average Bonchev–Trinajstić information content (AvgIpc) is 3.01. The first-order valence-electron chi connectivity index (χ1n) is 7.54. The summed E-state index contributed by atoms with van der Waals surface area (Å²) in [6.45, 7) is 4.08. The highest BCUT2D eigenvalue weighted by atomic mass is 32.2. The van der Waals surface area contributed by atoms with E-state index in [4.69, 9.17) is 4.74 Å². The smallest absolute Gasteiger partial charge is 0.265 e. The van der Waals surface area contributed by atoms with Crippen molar-refractivity contribution in [1.82, 2.24) is 10.2 Å². The van der Waals surface area contributed by atoms with Crippen molar-refractivity contribution < 1.29 is 13.2 Å². The van der Waals surface area contributed by atoms with Crippen LogP contribution in [0.25, 0.3) is 10.9 Å². The molecule has 0 amide bonds. The van der Waals surface area contributed by atoms with E-state index in [2.05, 4.69) is 14.9 Å². The zero-order valence-corrected chi connectivity index (χ0v) is 14.5. The molecule has 0 bridgehead atoms. The van der Waals surface area contributed by atoms with Gasteiger partial charge in [-0.1, -0.05) is 19.9 Å². The molecule has 1 heterocycles. The zero-order valence-electron chi connectivity index (χ0n) is 13.7. The summed E-state index contributed by atoms with van der Waals surface area (Å²) in [5.41, 5.74) is 2.24. The Bertz CT molecular complexity index is 978. The second kappa shape index (κ2) is 6.16. The molecule has 2 aromatic carbocycles. The average molecular weight is 345 g/mol. The van der Waals surface area contributed by atoms with Gasteiger partial charge in [-0.25, -0.2) is 8.42 Å². The number of hydrogen-bond acceptors (Lipinski definition) is 4. The van der Waals surface area contributed by atoms with Crippen LogP contribution in [0.15, 0.2) is 47.5 Å². The van der Waals surface area contributed by atoms with E-state index in [-0.39, 0.29) is 10.8 Å². The van der Waals surface area contributed by atoms with Gasteiger partial charge in [0.2, 0.25) is 0 Å². The normalized spacial score (nSPS) is 11.8. The van der Waals surface area contributed by atoms with E-state index < -0.39 is 10.0 Å². The lowest BCUT2D eigenvalue weighted by atomic mass is 10.0. The van der Waals surface area contributed by atoms with Crippen molar-refractivity contribution in [2.24, 2.45) is 0 Å². The number of benzene rings is 2. The fourth-order valence-corrected chi connectivity index (χ4v) is 3.68. The van der Waals surface area contributed by atoms with Gasteiger partial charge in [0.05, 0.1) is 24.5 Å². The van der Waals surface area contributed by atoms with Crippen molar-refractivity contribution in [1.29, 1.82) is 0 Å². The molecule has 0 fully saturated rings. The first kappa shape index (κ1) is 16.3. The molecule has 7 heteroatoms. The van der Waals surface area contributed by atoms with Crippen LogP contribution in [0.3, 0.4) is 0 Å². The van der Waals surface area contributed by atoms with Crippen molar-refractivity contribution in [3.63, 3.8) is 0 Å². The Morgan fingerprint density at radius 3 is 2.67 bits per heavy atom. The second-order valence-corrected chi connectivity index (χ2v) is 7.49. The fourth-order valence-electron chi connectivity index (χ4n) is 2.48. The maximum Gasteiger partial charge on any atom is 0.265 e. The van der Waals surface area contributed by atoms with Gasteiger partial charge >= 0.3 is 0 Å². The number of H-pyrrole nitrogens is 1. The third kappa shape index (κ3) is 3.07. The summed E-state index contributed by atoms with van der Waals surface area (Å²) in [4.78, 5) is 0.110. The van der Waals surface area contributed by atoms with Crippen LogP contribution in [0, 0.1) is 0 Å². The summed E-state index contributed by atoms with van der Waals surface area (Å²) in [5, 5.41) is 7.66. The zero-order chi connectivity index (χ0) is 17.3. The molecule has 0 saturated heterocycles. The quantitative estimate of drug-likeness (QED) is 0.741. The maximum atomic E-state index is 12.7. The number of anilines is 1. The van der Waals surface area contributed by atoms with Crippen LogP contribution in [-0.2, 0) is 10.0 Å². The van der Waals surface area contributed by atoms with Crippen molar-refractivity contribution in [2.75, 3.05) is 11.8 Å². The molecule has 0 unspecified atom stereocenters. The summed E-state index contributed by atoms with van der Waals surface area (Å²) >= 11 is 0. The molecule has 0 saturated carbocycles. The minimum Gasteiger partial charge on any atom is -0.495 e. The molecule has 24 heavy (non-hydrogen) atoms. The number of aromatic nitrogens is 2. The number of methoxy groups -OCH3 is 1. The molecule has 3 aromatic rings. The van der Waals surface area contributed by atoms with E-state index in [0.29, 0.717) is 11.4 Å². The van der Waals surface area contributed by atoms with Crippen molar-refractivity contribution in [3.05, 3.63) is 48.2 Å². The SMILES string of the molecule is COc1cc(C(C)C)ccc1S(=O)(=O)Nc1ccc2cn[nH]c2c1. The van der Waals surface area contributed by atoms with Crippen molar-refractivity contribution in [2.45, 2.75) is 24.7 Å². The van der Waals surface area contributed by atoms with Crippen LogP contribution < -0.4 is 9.46 Å². The van der Waals surface area contributed by atoms with Gasteiger partial charge in [0.15, 0.2) is 0 Å². The number of sulfonamides is 1. The van der Waals surface area contributed by atoms with Gasteiger partial charge in [0, 0.05) is 5.39 Å². The van der Waals surface area contributed by atoms with E-state index in [1.807, 2.05) is 13.8 Å². The second-order valence-electron chi connectivity index (χ2n) is 5.84. The van der Waals surface area contributed by atoms with Gasteiger partial charge in [-0.15, -0.1) is 0 Å². The number of ether oxygens (including phenoxy) is 1. The number of fused-ring (bicyclic) bond motifs is 1. The van der Waals surface area contributed by atoms with Gasteiger partial charge in [-0.3, -0.25) is 9.82 Å². The molecule has 0 atom stereocenters. The Morgan fingerprint density at radius 1 is 1.17 bits per heavy atom. The number of hydrogen-bond donors (Lipinski definition) is 2. The van der Waals surface area contributed by atoms with Crippen LogP contribution >= 0.6 is 0 Å². The third-order valence-electron chi connectivity index (χ3n) is 3.84. The number of nitrogens with one attached hydrogen (secondary N) is 2. The molecule has 126 valence electrons. The highest BCUT2D eigenvalue weighted by Crippen LogP contribution is 2.30. The Balaban J connectivity index is 1.97. The third-order valence-corrected chi connectivity index (χ3v) is 5.26. The fraction of sp³-hybridized carbons (Fsp3) is 0.235. The van der Waals surface area contributed by atoms with Crippen LogP contribution in [0.2, 0.25) is 0 Å². The van der Waals surface area contributed by atoms with Crippen LogP contribution in [0.4, 0.5) is 5.69 Å². The minimum atomic E-state index is -3.76. The van der Waals surface area contributed by atoms with E-state index in [0.717, 1.165) is 16.5 Å². The molecule has 2 N–H and O–H groups in total. The number of aromatic amines is 1. The van der Waals surface area contributed by atoms with E-state index >= 15 is 0 Å². The Morgan fingerprint density at radius 2 is 1.96 bits per heavy atom. The first-order chi connectivity index (χ1) is 11.4. The summed E-state index contributed by atoms with van der Waals surface area (Å²) in [6.07, 6.45) is 1.68. The Labute approximate surface area is 140 Å². The molecule has 0 aliphatic heterocycles. The minimum absolute atomic E-state index is 0.110. The molecular formula is C17H19N3O3S. The monoisotopic (exact) mass is 345 g/mol. The van der Waals surface area contributed by atoms with Crippen LogP contribution in [0.1, 0.15) is 25.3 Å². The Kier molecular flexibility index (Phi) is 4.19. The van der Waals surface area contributed by atoms with Crippen molar-refractivity contribution >= 4 is 26.6 Å². The topological polar surface area (TPSA) is 84.1 Å². The highest BCUT2D eigenvalue weighted by molar-refractivity contribution is 7.92. The lowest BCUT2D eigenvalue weighted by Gasteiger charge is -2.14. The molecule has 0 spiro atoms. The van der Waals surface area contributed by atoms with Gasteiger partial charge in [-0.05, 0) is 41.8 Å². The molecular weight excluding hydrogens is 326 g/mol. The molecule has 0 aliphatic carbocycles. The predicted octanol–water partition coefficient (Wildman–Crippen LogP) is 3.50. The van der Waals surface area contributed by atoms with E-state index in [1.165, 1.54) is 7.11 Å². The van der Waals surface area contributed by atoms with Crippen molar-refractivity contribution in [3.8, 4) is 5.75 Å². The molecule has 0 radical (unpaired) electrons. The Hall–Kier alpha value is -2.54. The predicted molar refractivity (Wildman–Crippen MR) is 94.0 cm³/mol. The molecule has 3 rings (SSSR count). The standard InChI is InChI=1S/C17H19N3O3S/c1-11(2)12-5-7-17(16(8-12)23-3)24(21,22)20-14-6-4-13-10-18-19-15(13)9-14/h4-11,20H,1-3H3,(H,18,19). The lowest BCUT2D eigenvalue weighted by Crippen LogP contribution is -2.14. The maximum absolute atomic E-state index is 12.7. The largest absolute Gasteiger partial charge is 0.495 e. The van der Waals surface area contributed by atoms with Crippen LogP contribution in [0.5, 0.6) is 5.75 Å². The number of rotatable bonds is 5. The van der Waals surface area contributed by atoms with Crippen LogP contribution in [-0.4, -0.2) is 25.7 Å². The molecule has 6 nitrogen and oxygen atoms in total. The molecule has 0 aliphatic rings. The molecule has 1 aromatic heterocycles. The highest BCUT2D eigenvalue weighted by Gasteiger charge is 2.20. The summed E-state index contributed by atoms with van der Waals surface area (Å²) in [7, 11) is -2.29. The lowest BCUT2D eigenvalue weighted by molar-refractivity contribution is 0.402. The van der Waals surface area contributed by atoms with Gasteiger partial charge < -0.3 is 4.74 Å².